The molecule has 2 rings (SSSR count). The van der Waals surface area contributed by atoms with Crippen molar-refractivity contribution in [2.75, 3.05) is 12.3 Å². The number of likely N-dealkylation sites (N-methyl/N-ethyl adjacent to an activating group) is 1. The Morgan fingerprint density at radius 3 is 2.50 bits per heavy atom. The van der Waals surface area contributed by atoms with Crippen LogP contribution in [0.3, 0.4) is 0 Å². The lowest BCUT2D eigenvalue weighted by Crippen LogP contribution is -2.48. The van der Waals surface area contributed by atoms with Gasteiger partial charge in [-0.15, -0.1) is 11.8 Å². The van der Waals surface area contributed by atoms with Gasteiger partial charge in [0.15, 0.2) is 0 Å². The molecule has 0 unspecified atom stereocenters. The Labute approximate surface area is 170 Å². The highest BCUT2D eigenvalue weighted by Gasteiger charge is 2.25. The molecule has 0 saturated heterocycles. The van der Waals surface area contributed by atoms with Crippen LogP contribution in [0.1, 0.15) is 30.5 Å². The number of halogens is 1. The summed E-state index contributed by atoms with van der Waals surface area (Å²) in [5.41, 5.74) is 3.07. The van der Waals surface area contributed by atoms with Gasteiger partial charge in [0.2, 0.25) is 11.8 Å². The molecule has 4 nitrogen and oxygen atoms in total. The molecule has 0 saturated carbocycles. The summed E-state index contributed by atoms with van der Waals surface area (Å²) in [5, 5.41) is 2.79. The molecule has 150 valence electrons. The Morgan fingerprint density at radius 1 is 1.14 bits per heavy atom. The second-order valence-electron chi connectivity index (χ2n) is 6.70. The monoisotopic (exact) mass is 402 g/mol. The van der Waals surface area contributed by atoms with Crippen molar-refractivity contribution in [3.8, 4) is 0 Å². The van der Waals surface area contributed by atoms with E-state index in [-0.39, 0.29) is 23.4 Å². The summed E-state index contributed by atoms with van der Waals surface area (Å²) in [7, 11) is 0. The average Bonchev–Trinajstić information content (AvgIpc) is 2.67. The fourth-order valence-electron chi connectivity index (χ4n) is 2.83. The van der Waals surface area contributed by atoms with E-state index < -0.39 is 6.04 Å². The van der Waals surface area contributed by atoms with Crippen molar-refractivity contribution in [1.82, 2.24) is 10.2 Å². The van der Waals surface area contributed by atoms with Gasteiger partial charge in [0, 0.05) is 18.8 Å². The van der Waals surface area contributed by atoms with Gasteiger partial charge in [-0.25, -0.2) is 4.39 Å². The first-order valence-electron chi connectivity index (χ1n) is 9.35. The number of rotatable bonds is 9. The quantitative estimate of drug-likeness (QED) is 0.692. The number of nitrogens with one attached hydrogen (secondary N) is 1. The highest BCUT2D eigenvalue weighted by atomic mass is 32.2. The molecule has 1 atom stereocenters. The highest BCUT2D eigenvalue weighted by molar-refractivity contribution is 7.99. The second kappa shape index (κ2) is 10.9. The highest BCUT2D eigenvalue weighted by Crippen LogP contribution is 2.17. The van der Waals surface area contributed by atoms with Gasteiger partial charge in [0.05, 0.1) is 5.75 Å². The van der Waals surface area contributed by atoms with Crippen LogP contribution in [0.25, 0.3) is 0 Å². The number of amides is 2. The summed E-state index contributed by atoms with van der Waals surface area (Å²) in [6, 6.07) is 13.6. The standard InChI is InChI=1S/C22H27FN2O2S/c1-4-24-22(27)17(3)25(13-19-7-5-6-16(2)12-19)21(26)15-28-14-18-8-10-20(23)11-9-18/h5-12,17H,4,13-15H2,1-3H3,(H,24,27)/t17-/m0/s1. The first kappa shape index (κ1) is 22.0. The Bertz CT molecular complexity index is 795. The van der Waals surface area contributed by atoms with Crippen LogP contribution >= 0.6 is 11.8 Å². The van der Waals surface area contributed by atoms with Gasteiger partial charge in [-0.3, -0.25) is 9.59 Å². The van der Waals surface area contributed by atoms with E-state index in [0.717, 1.165) is 16.7 Å². The van der Waals surface area contributed by atoms with Crippen LogP contribution in [0.15, 0.2) is 48.5 Å². The summed E-state index contributed by atoms with van der Waals surface area (Å²) in [4.78, 5) is 26.8. The van der Waals surface area contributed by atoms with Crippen LogP contribution in [0.4, 0.5) is 4.39 Å². The van der Waals surface area contributed by atoms with E-state index >= 15 is 0 Å². The maximum atomic E-state index is 13.0. The topological polar surface area (TPSA) is 49.4 Å². The van der Waals surface area contributed by atoms with Gasteiger partial charge < -0.3 is 10.2 Å². The summed E-state index contributed by atoms with van der Waals surface area (Å²) in [6.45, 7) is 6.52. The maximum absolute atomic E-state index is 13.0. The first-order chi connectivity index (χ1) is 13.4. The number of hydrogen-bond donors (Lipinski definition) is 1. The number of aryl methyl sites for hydroxylation is 1. The SMILES string of the molecule is CCNC(=O)[C@H](C)N(Cc1cccc(C)c1)C(=O)CSCc1ccc(F)cc1. The summed E-state index contributed by atoms with van der Waals surface area (Å²) >= 11 is 1.46. The van der Waals surface area contributed by atoms with Crippen LogP contribution in [0.5, 0.6) is 0 Å². The molecule has 2 amide bonds. The molecule has 28 heavy (non-hydrogen) atoms. The molecule has 0 aliphatic carbocycles. The molecule has 2 aromatic rings. The third kappa shape index (κ3) is 6.68. The lowest BCUT2D eigenvalue weighted by molar-refractivity contribution is -0.138. The Balaban J connectivity index is 2.04. The van der Waals surface area contributed by atoms with Crippen LogP contribution in [0.2, 0.25) is 0 Å². The molecule has 0 fully saturated rings. The van der Waals surface area contributed by atoms with E-state index in [1.165, 1.54) is 23.9 Å². The van der Waals surface area contributed by atoms with Crippen LogP contribution in [-0.4, -0.2) is 35.1 Å². The summed E-state index contributed by atoms with van der Waals surface area (Å²) in [6.07, 6.45) is 0. The lowest BCUT2D eigenvalue weighted by Gasteiger charge is -2.28. The molecular formula is C22H27FN2O2S. The normalized spacial score (nSPS) is 11.7. The van der Waals surface area contributed by atoms with Crippen molar-refractivity contribution in [2.24, 2.45) is 0 Å². The van der Waals surface area contributed by atoms with Crippen molar-refractivity contribution in [3.63, 3.8) is 0 Å². The zero-order chi connectivity index (χ0) is 20.5. The van der Waals surface area contributed by atoms with Gasteiger partial charge in [-0.1, -0.05) is 42.0 Å². The number of carbonyl (C=O) groups excluding carboxylic acids is 2. The second-order valence-corrected chi connectivity index (χ2v) is 7.69. The zero-order valence-corrected chi connectivity index (χ0v) is 17.4. The molecule has 0 aromatic heterocycles. The van der Waals surface area contributed by atoms with Gasteiger partial charge in [0.1, 0.15) is 11.9 Å². The smallest absolute Gasteiger partial charge is 0.242 e. The molecule has 0 heterocycles. The Hall–Kier alpha value is -2.34. The fourth-order valence-corrected chi connectivity index (χ4v) is 3.70. The predicted molar refractivity (Wildman–Crippen MR) is 112 cm³/mol. The van der Waals surface area contributed by atoms with Gasteiger partial charge >= 0.3 is 0 Å². The largest absolute Gasteiger partial charge is 0.355 e. The Morgan fingerprint density at radius 2 is 1.86 bits per heavy atom. The number of hydrogen-bond acceptors (Lipinski definition) is 3. The van der Waals surface area contributed by atoms with E-state index in [4.69, 9.17) is 0 Å². The molecule has 0 aliphatic rings. The Kier molecular flexibility index (Phi) is 8.51. The van der Waals surface area contributed by atoms with Crippen molar-refractivity contribution in [3.05, 3.63) is 71.0 Å². The molecule has 0 radical (unpaired) electrons. The molecule has 2 aromatic carbocycles. The van der Waals surface area contributed by atoms with Crippen molar-refractivity contribution in [2.45, 2.75) is 39.1 Å². The molecule has 0 spiro atoms. The fraction of sp³-hybridized carbons (Fsp3) is 0.364. The van der Waals surface area contributed by atoms with E-state index in [2.05, 4.69) is 5.32 Å². The third-order valence-electron chi connectivity index (χ3n) is 4.36. The van der Waals surface area contributed by atoms with Gasteiger partial charge in [-0.2, -0.15) is 0 Å². The van der Waals surface area contributed by atoms with Crippen molar-refractivity contribution >= 4 is 23.6 Å². The summed E-state index contributed by atoms with van der Waals surface area (Å²) < 4.78 is 13.0. The summed E-state index contributed by atoms with van der Waals surface area (Å²) in [5.74, 6) is 0.344. The van der Waals surface area contributed by atoms with E-state index in [1.54, 1.807) is 24.0 Å². The first-order valence-corrected chi connectivity index (χ1v) is 10.5. The van der Waals surface area contributed by atoms with E-state index in [0.29, 0.717) is 18.8 Å². The van der Waals surface area contributed by atoms with Gasteiger partial charge in [-0.05, 0) is 44.0 Å². The van der Waals surface area contributed by atoms with E-state index in [1.807, 2.05) is 38.1 Å². The lowest BCUT2D eigenvalue weighted by atomic mass is 10.1. The molecule has 1 N–H and O–H groups in total. The van der Waals surface area contributed by atoms with Gasteiger partial charge in [0.25, 0.3) is 0 Å². The molecule has 6 heteroatoms. The minimum atomic E-state index is -0.556. The number of carbonyl (C=O) groups is 2. The third-order valence-corrected chi connectivity index (χ3v) is 5.35. The molecule has 0 bridgehead atoms. The number of nitrogens with zero attached hydrogens (tertiary/aromatic N) is 1. The van der Waals surface area contributed by atoms with Crippen molar-refractivity contribution in [1.29, 1.82) is 0 Å². The molecule has 0 aliphatic heterocycles. The van der Waals surface area contributed by atoms with E-state index in [9.17, 15) is 14.0 Å². The van der Waals surface area contributed by atoms with Crippen LogP contribution in [0, 0.1) is 12.7 Å². The maximum Gasteiger partial charge on any atom is 0.242 e. The average molecular weight is 403 g/mol. The van der Waals surface area contributed by atoms with Crippen molar-refractivity contribution < 1.29 is 14.0 Å². The van der Waals surface area contributed by atoms with Crippen LogP contribution < -0.4 is 5.32 Å². The molecular weight excluding hydrogens is 375 g/mol. The number of thioether (sulfide) groups is 1. The predicted octanol–water partition coefficient (Wildman–Crippen LogP) is 3.92. The minimum Gasteiger partial charge on any atom is -0.355 e. The zero-order valence-electron chi connectivity index (χ0n) is 16.6. The van der Waals surface area contributed by atoms with Crippen LogP contribution in [-0.2, 0) is 21.9 Å². The minimum absolute atomic E-state index is 0.0904. The number of benzene rings is 2.